The molecule has 1 heterocycles. The number of rotatable bonds is 7. The smallest absolute Gasteiger partial charge is 0.390 e. The second-order valence-corrected chi connectivity index (χ2v) is 5.26. The average Bonchev–Trinajstić information content (AvgIpc) is 2.84. The Kier molecular flexibility index (Phi) is 10.3. The molecular weight excluding hydrogens is 414 g/mol. The highest BCUT2D eigenvalue weighted by Crippen LogP contribution is 2.32. The molecule has 1 unspecified atom stereocenters. The molecule has 0 spiro atoms. The number of guanidine groups is 1. The van der Waals surface area contributed by atoms with Crippen molar-refractivity contribution in [2.45, 2.75) is 32.4 Å². The lowest BCUT2D eigenvalue weighted by molar-refractivity contribution is -0.132. The third-order valence-electron chi connectivity index (χ3n) is 3.44. The summed E-state index contributed by atoms with van der Waals surface area (Å²) in [7, 11) is 0. The minimum absolute atomic E-state index is 0. The Morgan fingerprint density at radius 1 is 1.36 bits per heavy atom. The summed E-state index contributed by atoms with van der Waals surface area (Å²) in [6.45, 7) is 3.85. The fourth-order valence-electron chi connectivity index (χ4n) is 2.20. The molecule has 0 aromatic carbocycles. The van der Waals surface area contributed by atoms with Crippen molar-refractivity contribution in [2.75, 3.05) is 39.5 Å². The molecule has 3 N–H and O–H groups in total. The number of nitrogens with one attached hydrogen (secondary N) is 2. The molecule has 0 bridgehead atoms. The maximum absolute atomic E-state index is 12.1. The Morgan fingerprint density at radius 3 is 2.59 bits per heavy atom. The number of nitrogens with zero attached hydrogens (tertiary/aromatic N) is 1. The molecule has 1 rings (SSSR count). The molecule has 1 atom stereocenters. The monoisotopic (exact) mass is 439 g/mol. The van der Waals surface area contributed by atoms with Gasteiger partial charge in [-0.1, -0.05) is 0 Å². The quantitative estimate of drug-likeness (QED) is 0.322. The molecule has 1 saturated heterocycles. The van der Waals surface area contributed by atoms with Gasteiger partial charge in [0.15, 0.2) is 5.96 Å². The van der Waals surface area contributed by atoms with E-state index in [0.717, 1.165) is 6.42 Å². The van der Waals surface area contributed by atoms with Gasteiger partial charge in [-0.15, -0.1) is 24.0 Å². The van der Waals surface area contributed by atoms with Crippen LogP contribution in [0.5, 0.6) is 0 Å². The maximum Gasteiger partial charge on any atom is 0.390 e. The van der Waals surface area contributed by atoms with Crippen LogP contribution in [0.15, 0.2) is 4.99 Å². The van der Waals surface area contributed by atoms with Crippen LogP contribution in [0.2, 0.25) is 0 Å². The number of hydrogen-bond acceptors (Lipinski definition) is 3. The molecule has 0 amide bonds. The summed E-state index contributed by atoms with van der Waals surface area (Å²) in [4.78, 5) is 4.34. The van der Waals surface area contributed by atoms with Crippen molar-refractivity contribution in [2.24, 2.45) is 10.4 Å². The molecular formula is C13H25F3IN3O2. The zero-order valence-corrected chi connectivity index (χ0v) is 15.0. The summed E-state index contributed by atoms with van der Waals surface area (Å²) in [5.41, 5.74) is -0.207. The number of ether oxygens (including phenoxy) is 1. The zero-order valence-electron chi connectivity index (χ0n) is 12.7. The van der Waals surface area contributed by atoms with Crippen molar-refractivity contribution < 1.29 is 23.0 Å². The summed E-state index contributed by atoms with van der Waals surface area (Å²) < 4.78 is 41.8. The van der Waals surface area contributed by atoms with Gasteiger partial charge in [-0.05, 0) is 19.8 Å². The first-order valence-electron chi connectivity index (χ1n) is 7.18. The van der Waals surface area contributed by atoms with Gasteiger partial charge in [0.05, 0.1) is 19.6 Å². The third kappa shape index (κ3) is 8.37. The van der Waals surface area contributed by atoms with Gasteiger partial charge in [-0.3, -0.25) is 4.99 Å². The molecule has 1 fully saturated rings. The van der Waals surface area contributed by atoms with Gasteiger partial charge in [-0.2, -0.15) is 13.2 Å². The van der Waals surface area contributed by atoms with E-state index in [0.29, 0.717) is 38.7 Å². The Bertz CT molecular complexity index is 335. The van der Waals surface area contributed by atoms with Crippen molar-refractivity contribution in [3.63, 3.8) is 0 Å². The predicted molar refractivity (Wildman–Crippen MR) is 89.6 cm³/mol. The lowest BCUT2D eigenvalue weighted by atomic mass is 9.84. The Balaban J connectivity index is 0.00000441. The molecule has 0 aromatic rings. The summed E-state index contributed by atoms with van der Waals surface area (Å²) in [6, 6.07) is 0. The Hall–Kier alpha value is -0.290. The second kappa shape index (κ2) is 10.5. The fraction of sp³-hybridized carbons (Fsp3) is 0.923. The van der Waals surface area contributed by atoms with E-state index >= 15 is 0 Å². The van der Waals surface area contributed by atoms with E-state index in [2.05, 4.69) is 15.6 Å². The van der Waals surface area contributed by atoms with Crippen LogP contribution in [-0.2, 0) is 4.74 Å². The van der Waals surface area contributed by atoms with E-state index in [4.69, 9.17) is 9.84 Å². The molecule has 5 nitrogen and oxygen atoms in total. The van der Waals surface area contributed by atoms with E-state index < -0.39 is 12.6 Å². The van der Waals surface area contributed by atoms with E-state index in [9.17, 15) is 13.2 Å². The van der Waals surface area contributed by atoms with Gasteiger partial charge in [0, 0.05) is 31.7 Å². The third-order valence-corrected chi connectivity index (χ3v) is 3.44. The van der Waals surface area contributed by atoms with Crippen LogP contribution in [0, 0.1) is 5.41 Å². The number of aliphatic imine (C=N–C) groups is 1. The van der Waals surface area contributed by atoms with Crippen LogP contribution < -0.4 is 10.6 Å². The van der Waals surface area contributed by atoms with Crippen LogP contribution in [-0.4, -0.2) is 56.7 Å². The van der Waals surface area contributed by atoms with Gasteiger partial charge in [0.2, 0.25) is 0 Å². The standard InChI is InChI=1S/C13H24F3N3O2.HI/c1-2-17-11(18-6-3-13(14,15)16)19-9-12(4-7-20)5-8-21-10-12;/h20H,2-10H2,1H3,(H2,17,18,19);1H. The molecule has 1 aliphatic heterocycles. The number of alkyl halides is 3. The number of hydrogen-bond donors (Lipinski definition) is 3. The first-order chi connectivity index (χ1) is 9.91. The summed E-state index contributed by atoms with van der Waals surface area (Å²) in [6.07, 6.45) is -3.69. The lowest BCUT2D eigenvalue weighted by Crippen LogP contribution is -2.40. The molecule has 22 heavy (non-hydrogen) atoms. The summed E-state index contributed by atoms with van der Waals surface area (Å²) in [5.74, 6) is 0.367. The lowest BCUT2D eigenvalue weighted by Gasteiger charge is -2.24. The van der Waals surface area contributed by atoms with Crippen molar-refractivity contribution >= 4 is 29.9 Å². The highest BCUT2D eigenvalue weighted by atomic mass is 127. The van der Waals surface area contributed by atoms with E-state index in [1.54, 1.807) is 0 Å². The van der Waals surface area contributed by atoms with Crippen LogP contribution in [0.4, 0.5) is 13.2 Å². The van der Waals surface area contributed by atoms with Crippen LogP contribution in [0.3, 0.4) is 0 Å². The van der Waals surface area contributed by atoms with E-state index in [-0.39, 0.29) is 42.5 Å². The average molecular weight is 439 g/mol. The van der Waals surface area contributed by atoms with Crippen molar-refractivity contribution in [1.82, 2.24) is 10.6 Å². The van der Waals surface area contributed by atoms with Crippen molar-refractivity contribution in [3.05, 3.63) is 0 Å². The fourth-order valence-corrected chi connectivity index (χ4v) is 2.20. The largest absolute Gasteiger partial charge is 0.396 e. The maximum atomic E-state index is 12.1. The highest BCUT2D eigenvalue weighted by Gasteiger charge is 2.34. The molecule has 0 aromatic heterocycles. The first-order valence-corrected chi connectivity index (χ1v) is 7.18. The Labute approximate surface area is 146 Å². The number of aliphatic hydroxyl groups is 1. The molecule has 9 heteroatoms. The van der Waals surface area contributed by atoms with Gasteiger partial charge in [0.1, 0.15) is 0 Å². The van der Waals surface area contributed by atoms with E-state index in [1.807, 2.05) is 6.92 Å². The number of halogens is 4. The van der Waals surface area contributed by atoms with Gasteiger partial charge in [-0.25, -0.2) is 0 Å². The van der Waals surface area contributed by atoms with Crippen molar-refractivity contribution in [3.8, 4) is 0 Å². The summed E-state index contributed by atoms with van der Waals surface area (Å²) >= 11 is 0. The van der Waals surface area contributed by atoms with Crippen LogP contribution in [0.25, 0.3) is 0 Å². The zero-order chi connectivity index (χ0) is 15.8. The second-order valence-electron chi connectivity index (χ2n) is 5.26. The minimum atomic E-state index is -4.18. The molecule has 1 aliphatic rings. The van der Waals surface area contributed by atoms with E-state index in [1.165, 1.54) is 0 Å². The normalized spacial score (nSPS) is 22.3. The molecule has 132 valence electrons. The molecule has 0 radical (unpaired) electrons. The number of aliphatic hydroxyl groups excluding tert-OH is 1. The first kappa shape index (κ1) is 21.7. The van der Waals surface area contributed by atoms with Crippen LogP contribution >= 0.6 is 24.0 Å². The van der Waals surface area contributed by atoms with Crippen LogP contribution in [0.1, 0.15) is 26.2 Å². The topological polar surface area (TPSA) is 65.9 Å². The molecule has 0 aliphatic carbocycles. The van der Waals surface area contributed by atoms with Gasteiger partial charge >= 0.3 is 6.18 Å². The molecule has 0 saturated carbocycles. The van der Waals surface area contributed by atoms with Gasteiger partial charge in [0.25, 0.3) is 0 Å². The summed E-state index contributed by atoms with van der Waals surface area (Å²) in [5, 5.41) is 14.7. The predicted octanol–water partition coefficient (Wildman–Crippen LogP) is 1.90. The van der Waals surface area contributed by atoms with Crippen molar-refractivity contribution in [1.29, 1.82) is 0 Å². The SMILES string of the molecule is CCNC(=NCC1(CCO)CCOC1)NCCC(F)(F)F.I. The minimum Gasteiger partial charge on any atom is -0.396 e. The Morgan fingerprint density at radius 2 is 2.09 bits per heavy atom. The van der Waals surface area contributed by atoms with Gasteiger partial charge < -0.3 is 20.5 Å². The highest BCUT2D eigenvalue weighted by molar-refractivity contribution is 14.0.